The van der Waals surface area contributed by atoms with Gasteiger partial charge in [-0.05, 0) is 42.0 Å². The van der Waals surface area contributed by atoms with Gasteiger partial charge in [-0.1, -0.05) is 22.0 Å². The molecule has 1 amide bonds. The molecule has 2 rings (SSSR count). The molecule has 20 heavy (non-hydrogen) atoms. The van der Waals surface area contributed by atoms with Crippen molar-refractivity contribution in [1.82, 2.24) is 5.32 Å². The van der Waals surface area contributed by atoms with Gasteiger partial charge in [0.05, 0.1) is 0 Å². The Hall–Kier alpha value is -1.88. The van der Waals surface area contributed by atoms with Crippen LogP contribution >= 0.6 is 15.9 Å². The Bertz CT molecular complexity index is 631. The molecule has 0 aliphatic rings. The second-order valence-electron chi connectivity index (χ2n) is 4.25. The van der Waals surface area contributed by atoms with Gasteiger partial charge in [-0.15, -0.1) is 0 Å². The lowest BCUT2D eigenvalue weighted by atomic mass is 10.1. The Kier molecular flexibility index (Phi) is 4.74. The van der Waals surface area contributed by atoms with Crippen LogP contribution in [0.5, 0.6) is 0 Å². The summed E-state index contributed by atoms with van der Waals surface area (Å²) in [7, 11) is 1.59. The summed E-state index contributed by atoms with van der Waals surface area (Å²) in [5, 5.41) is 5.75. The summed E-state index contributed by atoms with van der Waals surface area (Å²) >= 11 is 3.38. The number of nitrogens with one attached hydrogen (secondary N) is 2. The van der Waals surface area contributed by atoms with Gasteiger partial charge >= 0.3 is 0 Å². The van der Waals surface area contributed by atoms with Crippen LogP contribution < -0.4 is 10.6 Å². The van der Waals surface area contributed by atoms with E-state index in [1.54, 1.807) is 31.3 Å². The van der Waals surface area contributed by atoms with Gasteiger partial charge in [-0.25, -0.2) is 4.39 Å². The standard InChI is InChI=1S/C15H14BrFN2O/c1-18-15(20)10-3-2-4-13(8-10)19-9-11-7-12(17)5-6-14(11)16/h2-8,19H,9H2,1H3,(H,18,20). The molecular formula is C15H14BrFN2O. The van der Waals surface area contributed by atoms with E-state index in [0.29, 0.717) is 12.1 Å². The maximum Gasteiger partial charge on any atom is 0.251 e. The predicted octanol–water partition coefficient (Wildman–Crippen LogP) is 3.56. The van der Waals surface area contributed by atoms with Gasteiger partial charge in [0.25, 0.3) is 5.91 Å². The van der Waals surface area contributed by atoms with Gasteiger partial charge in [0.2, 0.25) is 0 Å². The molecule has 0 aliphatic carbocycles. The first-order valence-corrected chi connectivity index (χ1v) is 6.89. The van der Waals surface area contributed by atoms with E-state index in [2.05, 4.69) is 26.6 Å². The van der Waals surface area contributed by atoms with E-state index in [9.17, 15) is 9.18 Å². The molecule has 0 spiro atoms. The molecule has 2 aromatic rings. The zero-order valence-corrected chi connectivity index (χ0v) is 12.5. The first kappa shape index (κ1) is 14.5. The van der Waals surface area contributed by atoms with Crippen LogP contribution in [0.2, 0.25) is 0 Å². The fourth-order valence-electron chi connectivity index (χ4n) is 1.79. The van der Waals surface area contributed by atoms with Crippen molar-refractivity contribution in [3.8, 4) is 0 Å². The number of anilines is 1. The molecule has 0 atom stereocenters. The van der Waals surface area contributed by atoms with Crippen LogP contribution in [0, 0.1) is 5.82 Å². The lowest BCUT2D eigenvalue weighted by Gasteiger charge is -2.09. The largest absolute Gasteiger partial charge is 0.381 e. The van der Waals surface area contributed by atoms with Gasteiger partial charge in [-0.2, -0.15) is 0 Å². The number of carbonyl (C=O) groups is 1. The van der Waals surface area contributed by atoms with Crippen molar-refractivity contribution in [2.24, 2.45) is 0 Å². The number of carbonyl (C=O) groups excluding carboxylic acids is 1. The summed E-state index contributed by atoms with van der Waals surface area (Å²) in [5.74, 6) is -0.412. The minimum atomic E-state index is -0.274. The highest BCUT2D eigenvalue weighted by atomic mass is 79.9. The molecule has 0 saturated heterocycles. The molecule has 0 saturated carbocycles. The molecule has 2 aromatic carbocycles. The van der Waals surface area contributed by atoms with Crippen LogP contribution in [0.15, 0.2) is 46.9 Å². The summed E-state index contributed by atoms with van der Waals surface area (Å²) in [5.41, 5.74) is 2.20. The molecule has 0 radical (unpaired) electrons. The molecule has 0 heterocycles. The summed E-state index contributed by atoms with van der Waals surface area (Å²) in [6.07, 6.45) is 0. The zero-order valence-electron chi connectivity index (χ0n) is 10.9. The number of hydrogen-bond acceptors (Lipinski definition) is 2. The summed E-state index contributed by atoms with van der Waals surface area (Å²) < 4.78 is 14.0. The highest BCUT2D eigenvalue weighted by Crippen LogP contribution is 2.19. The van der Waals surface area contributed by atoms with E-state index in [-0.39, 0.29) is 11.7 Å². The molecule has 3 nitrogen and oxygen atoms in total. The van der Waals surface area contributed by atoms with Gasteiger partial charge in [0.1, 0.15) is 5.82 Å². The van der Waals surface area contributed by atoms with Gasteiger partial charge < -0.3 is 10.6 Å². The Morgan fingerprint density at radius 1 is 1.25 bits per heavy atom. The van der Waals surface area contributed by atoms with Crippen LogP contribution in [0.25, 0.3) is 0 Å². The number of halogens is 2. The van der Waals surface area contributed by atoms with Crippen LogP contribution in [-0.2, 0) is 6.54 Å². The number of hydrogen-bond donors (Lipinski definition) is 2. The molecule has 0 unspecified atom stereocenters. The molecule has 2 N–H and O–H groups in total. The molecule has 104 valence electrons. The predicted molar refractivity (Wildman–Crippen MR) is 81.3 cm³/mol. The van der Waals surface area contributed by atoms with Crippen molar-refractivity contribution in [2.75, 3.05) is 12.4 Å². The third kappa shape index (κ3) is 3.57. The average molecular weight is 337 g/mol. The van der Waals surface area contributed by atoms with E-state index in [4.69, 9.17) is 0 Å². The van der Waals surface area contributed by atoms with Crippen molar-refractivity contribution in [3.05, 3.63) is 63.9 Å². The Balaban J connectivity index is 2.11. The third-order valence-corrected chi connectivity index (χ3v) is 3.62. The molecule has 0 bridgehead atoms. The maximum absolute atomic E-state index is 13.2. The van der Waals surface area contributed by atoms with E-state index in [1.807, 2.05) is 6.07 Å². The van der Waals surface area contributed by atoms with Gasteiger partial charge in [0.15, 0.2) is 0 Å². The number of rotatable bonds is 4. The third-order valence-electron chi connectivity index (χ3n) is 2.84. The van der Waals surface area contributed by atoms with E-state index >= 15 is 0 Å². The van der Waals surface area contributed by atoms with Crippen molar-refractivity contribution >= 4 is 27.5 Å². The number of benzene rings is 2. The Labute approximate surface area is 125 Å². The first-order valence-electron chi connectivity index (χ1n) is 6.10. The maximum atomic E-state index is 13.2. The molecule has 0 aromatic heterocycles. The fourth-order valence-corrected chi connectivity index (χ4v) is 2.18. The van der Waals surface area contributed by atoms with Crippen molar-refractivity contribution in [3.63, 3.8) is 0 Å². The summed E-state index contributed by atoms with van der Waals surface area (Å²) in [6.45, 7) is 0.468. The van der Waals surface area contributed by atoms with E-state index < -0.39 is 0 Å². The lowest BCUT2D eigenvalue weighted by molar-refractivity contribution is 0.0963. The topological polar surface area (TPSA) is 41.1 Å². The number of amides is 1. The summed E-state index contributed by atoms with van der Waals surface area (Å²) in [4.78, 5) is 11.5. The normalized spacial score (nSPS) is 10.2. The SMILES string of the molecule is CNC(=O)c1cccc(NCc2cc(F)ccc2Br)c1. The Morgan fingerprint density at radius 3 is 2.80 bits per heavy atom. The van der Waals surface area contributed by atoms with Crippen molar-refractivity contribution in [1.29, 1.82) is 0 Å². The highest BCUT2D eigenvalue weighted by Gasteiger charge is 2.05. The van der Waals surface area contributed by atoms with Gasteiger partial charge in [0, 0.05) is 29.3 Å². The minimum absolute atomic E-state index is 0.138. The Morgan fingerprint density at radius 2 is 2.05 bits per heavy atom. The average Bonchev–Trinajstić information content (AvgIpc) is 2.47. The quantitative estimate of drug-likeness (QED) is 0.896. The summed E-state index contributed by atoms with van der Waals surface area (Å²) in [6, 6.07) is 11.7. The van der Waals surface area contributed by atoms with Crippen molar-refractivity contribution in [2.45, 2.75) is 6.54 Å². The second kappa shape index (κ2) is 6.52. The lowest BCUT2D eigenvalue weighted by Crippen LogP contribution is -2.17. The molecular weight excluding hydrogens is 323 g/mol. The fraction of sp³-hybridized carbons (Fsp3) is 0.133. The minimum Gasteiger partial charge on any atom is -0.381 e. The highest BCUT2D eigenvalue weighted by molar-refractivity contribution is 9.10. The van der Waals surface area contributed by atoms with Gasteiger partial charge in [-0.3, -0.25) is 4.79 Å². The van der Waals surface area contributed by atoms with Crippen LogP contribution in [0.4, 0.5) is 10.1 Å². The zero-order chi connectivity index (χ0) is 14.5. The van der Waals surface area contributed by atoms with Crippen LogP contribution in [-0.4, -0.2) is 13.0 Å². The van der Waals surface area contributed by atoms with E-state index in [1.165, 1.54) is 12.1 Å². The first-order chi connectivity index (χ1) is 9.60. The molecule has 0 fully saturated rings. The molecule has 0 aliphatic heterocycles. The second-order valence-corrected chi connectivity index (χ2v) is 5.10. The monoisotopic (exact) mass is 336 g/mol. The van der Waals surface area contributed by atoms with Crippen molar-refractivity contribution < 1.29 is 9.18 Å². The smallest absolute Gasteiger partial charge is 0.251 e. The van der Waals surface area contributed by atoms with Crippen LogP contribution in [0.3, 0.4) is 0 Å². The molecule has 5 heteroatoms. The van der Waals surface area contributed by atoms with E-state index in [0.717, 1.165) is 15.7 Å². The van der Waals surface area contributed by atoms with Crippen LogP contribution in [0.1, 0.15) is 15.9 Å².